The molecule has 0 saturated heterocycles. The molecule has 0 saturated carbocycles. The summed E-state index contributed by atoms with van der Waals surface area (Å²) in [5.41, 5.74) is 1.99. The van der Waals surface area contributed by atoms with Gasteiger partial charge in [-0.15, -0.1) is 0 Å². The normalized spacial score (nSPS) is 10.8. The Bertz CT molecular complexity index is 504. The summed E-state index contributed by atoms with van der Waals surface area (Å²) in [4.78, 5) is 0. The van der Waals surface area contributed by atoms with Gasteiger partial charge in [-0.3, -0.25) is 4.68 Å². The van der Waals surface area contributed by atoms with Gasteiger partial charge >= 0.3 is 0 Å². The van der Waals surface area contributed by atoms with E-state index >= 15 is 0 Å². The number of rotatable bonds is 5. The van der Waals surface area contributed by atoms with E-state index in [0.29, 0.717) is 11.6 Å². The van der Waals surface area contributed by atoms with Crippen LogP contribution in [-0.2, 0) is 13.1 Å². The predicted molar refractivity (Wildman–Crippen MR) is 70.1 cm³/mol. The number of halogens is 2. The first-order valence-electron chi connectivity index (χ1n) is 5.78. The van der Waals surface area contributed by atoms with Crippen LogP contribution in [0.25, 0.3) is 0 Å². The van der Waals surface area contributed by atoms with Crippen LogP contribution in [-0.4, -0.2) is 16.3 Å². The molecule has 1 N–H and O–H groups in total. The van der Waals surface area contributed by atoms with Crippen LogP contribution in [0, 0.1) is 12.7 Å². The van der Waals surface area contributed by atoms with Crippen LogP contribution in [0.4, 0.5) is 4.39 Å². The maximum Gasteiger partial charge on any atom is 0.125 e. The Labute approximate surface area is 111 Å². The minimum Gasteiger partial charge on any atom is -0.311 e. The van der Waals surface area contributed by atoms with Crippen molar-refractivity contribution < 1.29 is 4.39 Å². The smallest absolute Gasteiger partial charge is 0.125 e. The highest BCUT2D eigenvalue weighted by atomic mass is 35.5. The van der Waals surface area contributed by atoms with Crippen molar-refractivity contribution in [2.45, 2.75) is 20.0 Å². The molecule has 2 aromatic rings. The molecule has 96 valence electrons. The molecule has 1 aromatic carbocycles. The summed E-state index contributed by atoms with van der Waals surface area (Å²) in [5, 5.41) is 7.84. The molecule has 0 aliphatic rings. The highest BCUT2D eigenvalue weighted by molar-refractivity contribution is 6.30. The van der Waals surface area contributed by atoms with Crippen LogP contribution in [0.3, 0.4) is 0 Å². The topological polar surface area (TPSA) is 29.9 Å². The third-order valence-corrected chi connectivity index (χ3v) is 2.75. The lowest BCUT2D eigenvalue weighted by molar-refractivity contribution is 0.553. The van der Waals surface area contributed by atoms with Crippen molar-refractivity contribution in [1.29, 1.82) is 0 Å². The SMILES string of the molecule is Cc1cnn(CCNCc2cc(F)cc(Cl)c2)c1. The Morgan fingerprint density at radius 2 is 2.22 bits per heavy atom. The first-order chi connectivity index (χ1) is 8.63. The molecule has 5 heteroatoms. The van der Waals surface area contributed by atoms with E-state index in [9.17, 15) is 4.39 Å². The molecular formula is C13H15ClFN3. The molecule has 0 unspecified atom stereocenters. The van der Waals surface area contributed by atoms with Crippen molar-refractivity contribution in [2.24, 2.45) is 0 Å². The zero-order valence-electron chi connectivity index (χ0n) is 10.2. The standard InChI is InChI=1S/C13H15ClFN3/c1-10-7-17-18(9-10)3-2-16-8-11-4-12(14)6-13(15)5-11/h4-7,9,16H,2-3,8H2,1H3. The number of hydrogen-bond donors (Lipinski definition) is 1. The lowest BCUT2D eigenvalue weighted by Crippen LogP contribution is -2.19. The van der Waals surface area contributed by atoms with Gasteiger partial charge in [0.1, 0.15) is 5.82 Å². The van der Waals surface area contributed by atoms with Crippen LogP contribution < -0.4 is 5.32 Å². The van der Waals surface area contributed by atoms with E-state index in [2.05, 4.69) is 10.4 Å². The number of benzene rings is 1. The Balaban J connectivity index is 1.78. The number of hydrogen-bond acceptors (Lipinski definition) is 2. The molecule has 2 rings (SSSR count). The lowest BCUT2D eigenvalue weighted by atomic mass is 10.2. The van der Waals surface area contributed by atoms with Crippen molar-refractivity contribution in [3.05, 3.63) is 52.6 Å². The second kappa shape index (κ2) is 5.98. The minimum absolute atomic E-state index is 0.304. The van der Waals surface area contributed by atoms with E-state index in [4.69, 9.17) is 11.6 Å². The summed E-state index contributed by atoms with van der Waals surface area (Å²) in [6, 6.07) is 4.55. The molecular weight excluding hydrogens is 253 g/mol. The van der Waals surface area contributed by atoms with Gasteiger partial charge in [-0.1, -0.05) is 11.6 Å². The molecule has 1 heterocycles. The molecule has 0 spiro atoms. The largest absolute Gasteiger partial charge is 0.311 e. The van der Waals surface area contributed by atoms with Gasteiger partial charge in [-0.05, 0) is 36.2 Å². The Kier molecular flexibility index (Phi) is 4.33. The van der Waals surface area contributed by atoms with Gasteiger partial charge < -0.3 is 5.32 Å². The fraction of sp³-hybridized carbons (Fsp3) is 0.308. The average Bonchev–Trinajstić information content (AvgIpc) is 2.69. The molecule has 3 nitrogen and oxygen atoms in total. The number of nitrogens with zero attached hydrogens (tertiary/aromatic N) is 2. The van der Waals surface area contributed by atoms with Crippen molar-refractivity contribution in [3.63, 3.8) is 0 Å². The van der Waals surface area contributed by atoms with Crippen LogP contribution in [0.15, 0.2) is 30.6 Å². The van der Waals surface area contributed by atoms with Gasteiger partial charge in [0.2, 0.25) is 0 Å². The highest BCUT2D eigenvalue weighted by Crippen LogP contribution is 2.13. The van der Waals surface area contributed by atoms with Gasteiger partial charge in [0, 0.05) is 24.3 Å². The molecule has 0 amide bonds. The van der Waals surface area contributed by atoms with E-state index < -0.39 is 0 Å². The monoisotopic (exact) mass is 267 g/mol. The summed E-state index contributed by atoms with van der Waals surface area (Å²) in [7, 11) is 0. The minimum atomic E-state index is -0.304. The molecule has 18 heavy (non-hydrogen) atoms. The second-order valence-electron chi connectivity index (χ2n) is 4.24. The van der Waals surface area contributed by atoms with Gasteiger partial charge in [-0.25, -0.2) is 4.39 Å². The summed E-state index contributed by atoms with van der Waals surface area (Å²) in [6.07, 6.45) is 3.81. The zero-order chi connectivity index (χ0) is 13.0. The Hall–Kier alpha value is -1.39. The fourth-order valence-electron chi connectivity index (χ4n) is 1.73. The molecule has 0 atom stereocenters. The number of nitrogens with one attached hydrogen (secondary N) is 1. The summed E-state index contributed by atoms with van der Waals surface area (Å²) in [5.74, 6) is -0.304. The van der Waals surface area contributed by atoms with Crippen molar-refractivity contribution in [2.75, 3.05) is 6.54 Å². The van der Waals surface area contributed by atoms with E-state index in [1.54, 1.807) is 6.07 Å². The summed E-state index contributed by atoms with van der Waals surface area (Å²) in [6.45, 7) is 4.16. The fourth-order valence-corrected chi connectivity index (χ4v) is 1.97. The first kappa shape index (κ1) is 13.1. The second-order valence-corrected chi connectivity index (χ2v) is 4.67. The van der Waals surface area contributed by atoms with Crippen LogP contribution in [0.5, 0.6) is 0 Å². The van der Waals surface area contributed by atoms with Crippen LogP contribution in [0.2, 0.25) is 5.02 Å². The predicted octanol–water partition coefficient (Wildman–Crippen LogP) is 2.77. The van der Waals surface area contributed by atoms with Gasteiger partial charge in [0.05, 0.1) is 12.7 Å². The van der Waals surface area contributed by atoms with Gasteiger partial charge in [-0.2, -0.15) is 5.10 Å². The lowest BCUT2D eigenvalue weighted by Gasteiger charge is -2.06. The van der Waals surface area contributed by atoms with E-state index in [1.165, 1.54) is 12.1 Å². The summed E-state index contributed by atoms with van der Waals surface area (Å²) >= 11 is 5.78. The molecule has 0 aliphatic heterocycles. The van der Waals surface area contributed by atoms with Gasteiger partial charge in [0.25, 0.3) is 0 Å². The quantitative estimate of drug-likeness (QED) is 0.845. The number of aromatic nitrogens is 2. The highest BCUT2D eigenvalue weighted by Gasteiger charge is 1.99. The van der Waals surface area contributed by atoms with E-state index in [0.717, 1.165) is 24.2 Å². The Morgan fingerprint density at radius 1 is 1.39 bits per heavy atom. The molecule has 0 fully saturated rings. The molecule has 0 radical (unpaired) electrons. The van der Waals surface area contributed by atoms with Crippen LogP contribution in [0.1, 0.15) is 11.1 Å². The van der Waals surface area contributed by atoms with Crippen molar-refractivity contribution in [3.8, 4) is 0 Å². The zero-order valence-corrected chi connectivity index (χ0v) is 10.9. The first-order valence-corrected chi connectivity index (χ1v) is 6.16. The third kappa shape index (κ3) is 3.82. The summed E-state index contributed by atoms with van der Waals surface area (Å²) < 4.78 is 15.0. The third-order valence-electron chi connectivity index (χ3n) is 2.53. The molecule has 1 aromatic heterocycles. The Morgan fingerprint density at radius 3 is 2.89 bits per heavy atom. The van der Waals surface area contributed by atoms with Crippen molar-refractivity contribution in [1.82, 2.24) is 15.1 Å². The van der Waals surface area contributed by atoms with Gasteiger partial charge in [0.15, 0.2) is 0 Å². The van der Waals surface area contributed by atoms with Crippen molar-refractivity contribution >= 4 is 11.6 Å². The molecule has 0 bridgehead atoms. The maximum atomic E-state index is 13.1. The van der Waals surface area contributed by atoms with E-state index in [1.807, 2.05) is 24.0 Å². The molecule has 0 aliphatic carbocycles. The average molecular weight is 268 g/mol. The maximum absolute atomic E-state index is 13.1. The van der Waals surface area contributed by atoms with Crippen LogP contribution >= 0.6 is 11.6 Å². The number of aryl methyl sites for hydroxylation is 1. The van der Waals surface area contributed by atoms with E-state index in [-0.39, 0.29) is 5.82 Å².